The predicted octanol–water partition coefficient (Wildman–Crippen LogP) is 2.03. The molecule has 0 aliphatic heterocycles. The smallest absolute Gasteiger partial charge is 0.358 e. The Morgan fingerprint density at radius 2 is 2.47 bits per heavy atom. The van der Waals surface area contributed by atoms with Gasteiger partial charge in [-0.05, 0) is 32.6 Å². The average molecular weight is 208 g/mol. The highest BCUT2D eigenvalue weighted by Gasteiger charge is 2.29. The van der Waals surface area contributed by atoms with Gasteiger partial charge in [-0.1, -0.05) is 0 Å². The van der Waals surface area contributed by atoms with Gasteiger partial charge >= 0.3 is 5.97 Å². The summed E-state index contributed by atoms with van der Waals surface area (Å²) in [4.78, 5) is 15.4. The third kappa shape index (κ3) is 2.19. The molecule has 1 atom stereocenters. The molecular formula is C11H16N2O2. The van der Waals surface area contributed by atoms with Crippen LogP contribution < -0.4 is 0 Å². The van der Waals surface area contributed by atoms with E-state index in [9.17, 15) is 4.79 Å². The summed E-state index contributed by atoms with van der Waals surface area (Å²) < 4.78 is 6.89. The van der Waals surface area contributed by atoms with E-state index in [4.69, 9.17) is 4.74 Å². The maximum atomic E-state index is 11.4. The minimum Gasteiger partial charge on any atom is -0.461 e. The number of imidazole rings is 1. The van der Waals surface area contributed by atoms with Crippen LogP contribution in [-0.4, -0.2) is 22.1 Å². The molecule has 0 amide bonds. The highest BCUT2D eigenvalue weighted by atomic mass is 16.5. The fourth-order valence-corrected chi connectivity index (χ4v) is 1.69. The lowest BCUT2D eigenvalue weighted by molar-refractivity contribution is 0.0520. The lowest BCUT2D eigenvalue weighted by Crippen LogP contribution is -2.06. The highest BCUT2D eigenvalue weighted by molar-refractivity contribution is 5.86. The van der Waals surface area contributed by atoms with Crippen molar-refractivity contribution in [1.29, 1.82) is 0 Å². The van der Waals surface area contributed by atoms with E-state index < -0.39 is 0 Å². The van der Waals surface area contributed by atoms with Crippen LogP contribution >= 0.6 is 0 Å². The first-order valence-corrected chi connectivity index (χ1v) is 5.43. The van der Waals surface area contributed by atoms with Gasteiger partial charge in [0, 0.05) is 12.2 Å². The van der Waals surface area contributed by atoms with Gasteiger partial charge in [0.05, 0.1) is 12.9 Å². The van der Waals surface area contributed by atoms with E-state index in [2.05, 4.69) is 11.9 Å². The molecule has 0 spiro atoms. The molecule has 4 nitrogen and oxygen atoms in total. The van der Waals surface area contributed by atoms with Gasteiger partial charge in [0.15, 0.2) is 5.69 Å². The van der Waals surface area contributed by atoms with Crippen molar-refractivity contribution in [2.45, 2.75) is 32.7 Å². The second-order valence-electron chi connectivity index (χ2n) is 4.00. The largest absolute Gasteiger partial charge is 0.461 e. The Morgan fingerprint density at radius 3 is 3.07 bits per heavy atom. The Labute approximate surface area is 89.3 Å². The molecule has 82 valence electrons. The molecular weight excluding hydrogens is 192 g/mol. The second-order valence-corrected chi connectivity index (χ2v) is 4.00. The van der Waals surface area contributed by atoms with Crippen molar-refractivity contribution < 1.29 is 9.53 Å². The summed E-state index contributed by atoms with van der Waals surface area (Å²) >= 11 is 0. The van der Waals surface area contributed by atoms with Crippen molar-refractivity contribution in [3.8, 4) is 0 Å². The summed E-state index contributed by atoms with van der Waals surface area (Å²) in [7, 11) is 0. The number of carbonyl (C=O) groups is 1. The van der Waals surface area contributed by atoms with Crippen molar-refractivity contribution in [2.75, 3.05) is 6.61 Å². The van der Waals surface area contributed by atoms with Gasteiger partial charge in [0.1, 0.15) is 0 Å². The Bertz CT molecular complexity index is 355. The quantitative estimate of drug-likeness (QED) is 0.711. The zero-order valence-corrected chi connectivity index (χ0v) is 9.14. The van der Waals surface area contributed by atoms with Crippen LogP contribution in [0.3, 0.4) is 0 Å². The number of esters is 1. The fourth-order valence-electron chi connectivity index (χ4n) is 1.69. The van der Waals surface area contributed by atoms with Crippen LogP contribution in [-0.2, 0) is 4.74 Å². The van der Waals surface area contributed by atoms with Crippen LogP contribution in [0.25, 0.3) is 0 Å². The van der Waals surface area contributed by atoms with Crippen molar-refractivity contribution in [2.24, 2.45) is 5.92 Å². The van der Waals surface area contributed by atoms with Gasteiger partial charge in [0.2, 0.25) is 0 Å². The zero-order valence-electron chi connectivity index (χ0n) is 9.14. The first-order chi connectivity index (χ1) is 7.22. The fraction of sp³-hybridized carbons (Fsp3) is 0.636. The monoisotopic (exact) mass is 208 g/mol. The minimum absolute atomic E-state index is 0.334. The maximum Gasteiger partial charge on any atom is 0.358 e. The summed E-state index contributed by atoms with van der Waals surface area (Å²) in [5.41, 5.74) is 0.407. The first kappa shape index (κ1) is 10.2. The predicted molar refractivity (Wildman–Crippen MR) is 55.6 cm³/mol. The molecule has 0 radical (unpaired) electrons. The molecule has 0 bridgehead atoms. The van der Waals surface area contributed by atoms with Crippen LogP contribution in [0.1, 0.15) is 43.2 Å². The van der Waals surface area contributed by atoms with Crippen LogP contribution in [0, 0.1) is 5.92 Å². The molecule has 1 aliphatic carbocycles. The third-order valence-electron chi connectivity index (χ3n) is 2.86. The van der Waals surface area contributed by atoms with Crippen molar-refractivity contribution in [3.05, 3.63) is 18.2 Å². The number of hydrogen-bond acceptors (Lipinski definition) is 3. The molecule has 4 heteroatoms. The maximum absolute atomic E-state index is 11.4. The van der Waals surface area contributed by atoms with E-state index in [0.717, 1.165) is 5.92 Å². The average Bonchev–Trinajstić information content (AvgIpc) is 2.95. The van der Waals surface area contributed by atoms with Gasteiger partial charge < -0.3 is 9.30 Å². The van der Waals surface area contributed by atoms with Gasteiger partial charge in [0.25, 0.3) is 0 Å². The standard InChI is InChI=1S/C11H16N2O2/c1-3-15-11(14)10-6-13(7-12-10)8(2)9-4-5-9/h6-9H,3-5H2,1-2H3/t8-/m1/s1. The molecule has 1 aliphatic rings. The number of carbonyl (C=O) groups excluding carboxylic acids is 1. The van der Waals surface area contributed by atoms with Gasteiger partial charge in [-0.2, -0.15) is 0 Å². The van der Waals surface area contributed by atoms with E-state index in [1.807, 2.05) is 4.57 Å². The number of rotatable bonds is 4. The molecule has 0 saturated heterocycles. The first-order valence-electron chi connectivity index (χ1n) is 5.43. The van der Waals surface area contributed by atoms with Gasteiger partial charge in [-0.3, -0.25) is 0 Å². The topological polar surface area (TPSA) is 44.1 Å². The van der Waals surface area contributed by atoms with Crippen LogP contribution in [0.2, 0.25) is 0 Å². The Hall–Kier alpha value is -1.32. The zero-order chi connectivity index (χ0) is 10.8. The Kier molecular flexibility index (Phi) is 2.75. The van der Waals surface area contributed by atoms with Crippen molar-refractivity contribution in [3.63, 3.8) is 0 Å². The summed E-state index contributed by atoms with van der Waals surface area (Å²) in [5, 5.41) is 0. The Morgan fingerprint density at radius 1 is 1.73 bits per heavy atom. The van der Waals surface area contributed by atoms with Crippen molar-refractivity contribution in [1.82, 2.24) is 9.55 Å². The van der Waals surface area contributed by atoms with Gasteiger partial charge in [-0.15, -0.1) is 0 Å². The van der Waals surface area contributed by atoms with E-state index in [-0.39, 0.29) is 5.97 Å². The molecule has 1 heterocycles. The molecule has 1 fully saturated rings. The lowest BCUT2D eigenvalue weighted by atomic mass is 10.2. The van der Waals surface area contributed by atoms with E-state index in [1.54, 1.807) is 19.4 Å². The highest BCUT2D eigenvalue weighted by Crippen LogP contribution is 2.39. The number of hydrogen-bond donors (Lipinski definition) is 0. The van der Waals surface area contributed by atoms with Crippen LogP contribution in [0.4, 0.5) is 0 Å². The van der Waals surface area contributed by atoms with Crippen molar-refractivity contribution >= 4 is 5.97 Å². The molecule has 0 N–H and O–H groups in total. The number of nitrogens with zero attached hydrogens (tertiary/aromatic N) is 2. The molecule has 15 heavy (non-hydrogen) atoms. The summed E-state index contributed by atoms with van der Waals surface area (Å²) in [6, 6.07) is 0.445. The minimum atomic E-state index is -0.334. The SMILES string of the molecule is CCOC(=O)c1cn([C@H](C)C2CC2)cn1. The lowest BCUT2D eigenvalue weighted by Gasteiger charge is -2.10. The van der Waals surface area contributed by atoms with Crippen LogP contribution in [0.15, 0.2) is 12.5 Å². The number of aromatic nitrogens is 2. The molecule has 1 saturated carbocycles. The van der Waals surface area contributed by atoms with E-state index >= 15 is 0 Å². The summed E-state index contributed by atoms with van der Waals surface area (Å²) in [6.07, 6.45) is 6.07. The van der Waals surface area contributed by atoms with Gasteiger partial charge in [-0.25, -0.2) is 9.78 Å². The normalized spacial score (nSPS) is 17.5. The Balaban J connectivity index is 2.05. The third-order valence-corrected chi connectivity index (χ3v) is 2.86. The van der Waals surface area contributed by atoms with Crippen LogP contribution in [0.5, 0.6) is 0 Å². The molecule has 2 rings (SSSR count). The summed E-state index contributed by atoms with van der Waals surface area (Å²) in [5.74, 6) is 0.425. The van der Waals surface area contributed by atoms with E-state index in [0.29, 0.717) is 18.3 Å². The number of ether oxygens (including phenoxy) is 1. The molecule has 1 aromatic heterocycles. The second kappa shape index (κ2) is 4.04. The molecule has 1 aromatic rings. The molecule has 0 unspecified atom stereocenters. The van der Waals surface area contributed by atoms with E-state index in [1.165, 1.54) is 12.8 Å². The molecule has 0 aromatic carbocycles. The summed E-state index contributed by atoms with van der Waals surface area (Å²) in [6.45, 7) is 4.35.